The van der Waals surface area contributed by atoms with Crippen LogP contribution in [0.5, 0.6) is 0 Å². The fourth-order valence-corrected chi connectivity index (χ4v) is 2.52. The Balaban J connectivity index is 1.84. The van der Waals surface area contributed by atoms with Crippen molar-refractivity contribution in [1.29, 1.82) is 0 Å². The zero-order chi connectivity index (χ0) is 13.5. The number of fused-ring (bicyclic) bond motifs is 1. The van der Waals surface area contributed by atoms with Crippen LogP contribution in [0, 0.1) is 5.41 Å². The molecule has 1 aromatic heterocycles. The SMILES string of the molecule is CN(CC1(CN)COC1)c1ccc2[nH]c(=O)[nH]c2c1. The zero-order valence-electron chi connectivity index (χ0n) is 10.9. The zero-order valence-corrected chi connectivity index (χ0v) is 10.9. The molecule has 2 heterocycles. The van der Waals surface area contributed by atoms with Gasteiger partial charge < -0.3 is 25.3 Å². The first kappa shape index (κ1) is 12.3. The minimum atomic E-state index is -0.180. The summed E-state index contributed by atoms with van der Waals surface area (Å²) in [5.74, 6) is 0. The largest absolute Gasteiger partial charge is 0.380 e. The number of hydrogen-bond donors (Lipinski definition) is 3. The maximum atomic E-state index is 11.2. The average molecular weight is 262 g/mol. The topological polar surface area (TPSA) is 87.1 Å². The first-order valence-electron chi connectivity index (χ1n) is 6.33. The van der Waals surface area contributed by atoms with Gasteiger partial charge in [0.1, 0.15) is 0 Å². The Bertz CT molecular complexity index is 636. The minimum Gasteiger partial charge on any atom is -0.380 e. The summed E-state index contributed by atoms with van der Waals surface area (Å²) in [5, 5.41) is 0. The van der Waals surface area contributed by atoms with E-state index in [9.17, 15) is 4.79 Å². The van der Waals surface area contributed by atoms with Crippen LogP contribution in [0.25, 0.3) is 11.0 Å². The third kappa shape index (κ3) is 2.13. The van der Waals surface area contributed by atoms with Crippen molar-refractivity contribution >= 4 is 16.7 Å². The summed E-state index contributed by atoms with van der Waals surface area (Å²) >= 11 is 0. The normalized spacial score (nSPS) is 17.4. The van der Waals surface area contributed by atoms with Crippen molar-refractivity contribution in [2.45, 2.75) is 0 Å². The van der Waals surface area contributed by atoms with Gasteiger partial charge in [-0.15, -0.1) is 0 Å². The maximum Gasteiger partial charge on any atom is 0.323 e. The standard InChI is InChI=1S/C13H18N4O2/c1-17(6-13(5-14)7-19-8-13)9-2-3-10-11(4-9)16-12(18)15-10/h2-4H,5-8,14H2,1H3,(H2,15,16,18). The van der Waals surface area contributed by atoms with E-state index in [2.05, 4.69) is 14.9 Å². The van der Waals surface area contributed by atoms with Gasteiger partial charge in [0.15, 0.2) is 0 Å². The molecule has 3 rings (SSSR count). The van der Waals surface area contributed by atoms with Gasteiger partial charge >= 0.3 is 5.69 Å². The molecular formula is C13H18N4O2. The van der Waals surface area contributed by atoms with Crippen molar-refractivity contribution in [2.24, 2.45) is 11.1 Å². The number of rotatable bonds is 4. The second-order valence-electron chi connectivity index (χ2n) is 5.36. The Kier molecular flexibility index (Phi) is 2.83. The Morgan fingerprint density at radius 1 is 1.37 bits per heavy atom. The fourth-order valence-electron chi connectivity index (χ4n) is 2.52. The number of imidazole rings is 1. The highest BCUT2D eigenvalue weighted by atomic mass is 16.5. The highest BCUT2D eigenvalue weighted by molar-refractivity contribution is 5.78. The molecule has 6 nitrogen and oxygen atoms in total. The third-order valence-electron chi connectivity index (χ3n) is 3.76. The van der Waals surface area contributed by atoms with E-state index in [0.717, 1.165) is 36.5 Å². The highest BCUT2D eigenvalue weighted by Gasteiger charge is 2.38. The number of ether oxygens (including phenoxy) is 1. The Morgan fingerprint density at radius 2 is 2.11 bits per heavy atom. The molecule has 102 valence electrons. The first-order valence-corrected chi connectivity index (χ1v) is 6.33. The molecule has 1 fully saturated rings. The number of H-pyrrole nitrogens is 2. The first-order chi connectivity index (χ1) is 9.12. The molecule has 6 heteroatoms. The van der Waals surface area contributed by atoms with Crippen molar-refractivity contribution < 1.29 is 4.74 Å². The van der Waals surface area contributed by atoms with Gasteiger partial charge in [0.25, 0.3) is 0 Å². The van der Waals surface area contributed by atoms with Crippen LogP contribution in [0.3, 0.4) is 0 Å². The van der Waals surface area contributed by atoms with E-state index in [4.69, 9.17) is 10.5 Å². The summed E-state index contributed by atoms with van der Waals surface area (Å²) < 4.78 is 5.28. The fraction of sp³-hybridized carbons (Fsp3) is 0.462. The molecular weight excluding hydrogens is 244 g/mol. The number of anilines is 1. The van der Waals surface area contributed by atoms with E-state index in [-0.39, 0.29) is 11.1 Å². The Hall–Kier alpha value is -1.79. The van der Waals surface area contributed by atoms with E-state index in [1.807, 2.05) is 25.2 Å². The van der Waals surface area contributed by atoms with Gasteiger partial charge in [-0.2, -0.15) is 0 Å². The lowest BCUT2D eigenvalue weighted by Gasteiger charge is -2.43. The van der Waals surface area contributed by atoms with E-state index in [0.29, 0.717) is 6.54 Å². The number of nitrogens with zero attached hydrogens (tertiary/aromatic N) is 1. The van der Waals surface area contributed by atoms with Crippen molar-refractivity contribution in [3.63, 3.8) is 0 Å². The van der Waals surface area contributed by atoms with Crippen LogP contribution >= 0.6 is 0 Å². The molecule has 0 spiro atoms. The van der Waals surface area contributed by atoms with Crippen molar-refractivity contribution in [2.75, 3.05) is 38.3 Å². The lowest BCUT2D eigenvalue weighted by atomic mass is 9.85. The predicted molar refractivity (Wildman–Crippen MR) is 74.5 cm³/mol. The van der Waals surface area contributed by atoms with Crippen LogP contribution in [-0.4, -0.2) is 43.3 Å². The number of hydrogen-bond acceptors (Lipinski definition) is 4. The lowest BCUT2D eigenvalue weighted by molar-refractivity contribution is -0.101. The predicted octanol–water partition coefficient (Wildman–Crippen LogP) is 0.268. The molecule has 0 radical (unpaired) electrons. The molecule has 19 heavy (non-hydrogen) atoms. The van der Waals surface area contributed by atoms with Crippen molar-refractivity contribution in [3.8, 4) is 0 Å². The molecule has 0 atom stereocenters. The molecule has 0 unspecified atom stereocenters. The summed E-state index contributed by atoms with van der Waals surface area (Å²) in [7, 11) is 2.03. The Labute approximate surface area is 110 Å². The summed E-state index contributed by atoms with van der Waals surface area (Å²) in [6.07, 6.45) is 0. The van der Waals surface area contributed by atoms with Crippen LogP contribution in [0.2, 0.25) is 0 Å². The number of nitrogens with one attached hydrogen (secondary N) is 2. The summed E-state index contributed by atoms with van der Waals surface area (Å²) in [5.41, 5.74) is 8.41. The number of nitrogens with two attached hydrogens (primary N) is 1. The third-order valence-corrected chi connectivity index (χ3v) is 3.76. The van der Waals surface area contributed by atoms with Gasteiger partial charge in [-0.25, -0.2) is 4.79 Å². The molecule has 1 saturated heterocycles. The van der Waals surface area contributed by atoms with Gasteiger partial charge in [0.2, 0.25) is 0 Å². The van der Waals surface area contributed by atoms with E-state index < -0.39 is 0 Å². The van der Waals surface area contributed by atoms with Gasteiger partial charge in [0, 0.05) is 31.2 Å². The molecule has 4 N–H and O–H groups in total. The van der Waals surface area contributed by atoms with E-state index in [1.54, 1.807) is 0 Å². The van der Waals surface area contributed by atoms with E-state index in [1.165, 1.54) is 0 Å². The van der Waals surface area contributed by atoms with Crippen LogP contribution < -0.4 is 16.3 Å². The summed E-state index contributed by atoms with van der Waals surface area (Å²) in [6, 6.07) is 5.87. The number of benzene rings is 1. The van der Waals surface area contributed by atoms with Crippen molar-refractivity contribution in [1.82, 2.24) is 9.97 Å². The molecule has 1 aliphatic rings. The molecule has 0 amide bonds. The molecule has 0 aliphatic carbocycles. The van der Waals surface area contributed by atoms with Gasteiger partial charge in [0.05, 0.1) is 24.2 Å². The van der Waals surface area contributed by atoms with Crippen molar-refractivity contribution in [3.05, 3.63) is 28.7 Å². The van der Waals surface area contributed by atoms with Gasteiger partial charge in [-0.05, 0) is 18.2 Å². The number of aromatic amines is 2. The molecule has 1 aromatic carbocycles. The molecule has 2 aromatic rings. The van der Waals surface area contributed by atoms with Crippen LogP contribution in [-0.2, 0) is 4.74 Å². The highest BCUT2D eigenvalue weighted by Crippen LogP contribution is 2.29. The Morgan fingerprint density at radius 3 is 2.74 bits per heavy atom. The summed E-state index contributed by atoms with van der Waals surface area (Å²) in [4.78, 5) is 18.9. The van der Waals surface area contributed by atoms with Crippen LogP contribution in [0.1, 0.15) is 0 Å². The quantitative estimate of drug-likeness (QED) is 0.738. The van der Waals surface area contributed by atoms with Crippen LogP contribution in [0.15, 0.2) is 23.0 Å². The molecule has 1 aliphatic heterocycles. The monoisotopic (exact) mass is 262 g/mol. The molecule has 0 bridgehead atoms. The minimum absolute atomic E-state index is 0.0647. The van der Waals surface area contributed by atoms with Crippen LogP contribution in [0.4, 0.5) is 5.69 Å². The number of aromatic nitrogens is 2. The average Bonchev–Trinajstić information content (AvgIpc) is 2.72. The second kappa shape index (κ2) is 4.40. The maximum absolute atomic E-state index is 11.2. The van der Waals surface area contributed by atoms with E-state index >= 15 is 0 Å². The lowest BCUT2D eigenvalue weighted by Crippen LogP contribution is -2.54. The van der Waals surface area contributed by atoms with Gasteiger partial charge in [-0.3, -0.25) is 0 Å². The molecule has 0 saturated carbocycles. The second-order valence-corrected chi connectivity index (χ2v) is 5.36. The summed E-state index contributed by atoms with van der Waals surface area (Å²) in [6.45, 7) is 2.92. The smallest absolute Gasteiger partial charge is 0.323 e. The van der Waals surface area contributed by atoms with Gasteiger partial charge in [-0.1, -0.05) is 0 Å².